The molecule has 114 valence electrons. The quantitative estimate of drug-likeness (QED) is 0.893. The van der Waals surface area contributed by atoms with Crippen LogP contribution in [0.5, 0.6) is 0 Å². The van der Waals surface area contributed by atoms with Gasteiger partial charge in [-0.05, 0) is 68.6 Å². The average molecular weight is 286 g/mol. The van der Waals surface area contributed by atoms with Crippen LogP contribution in [0.3, 0.4) is 0 Å². The topological polar surface area (TPSA) is 63.8 Å². The number of rotatable bonds is 4. The Hall–Kier alpha value is -1.16. The lowest BCUT2D eigenvalue weighted by molar-refractivity contribution is -0.0706. The van der Waals surface area contributed by atoms with E-state index in [0.29, 0.717) is 17.4 Å². The fourth-order valence-corrected chi connectivity index (χ4v) is 5.65. The zero-order valence-corrected chi connectivity index (χ0v) is 12.9. The third-order valence-electron chi connectivity index (χ3n) is 6.34. The molecule has 0 saturated heterocycles. The van der Waals surface area contributed by atoms with E-state index in [1.807, 2.05) is 12.4 Å². The van der Waals surface area contributed by atoms with Gasteiger partial charge in [0.2, 0.25) is 5.95 Å². The van der Waals surface area contributed by atoms with Gasteiger partial charge >= 0.3 is 0 Å². The monoisotopic (exact) mass is 286 g/mol. The first-order chi connectivity index (χ1) is 10.1. The number of nitrogen functional groups attached to an aromatic ring is 1. The van der Waals surface area contributed by atoms with Crippen molar-refractivity contribution in [2.45, 2.75) is 58.0 Å². The van der Waals surface area contributed by atoms with Crippen LogP contribution in [0.1, 0.15) is 51.0 Å². The molecule has 1 atom stereocenters. The van der Waals surface area contributed by atoms with Gasteiger partial charge in [0, 0.05) is 30.5 Å². The molecule has 0 spiro atoms. The molecule has 4 nitrogen and oxygen atoms in total. The molecule has 21 heavy (non-hydrogen) atoms. The number of nitrogens with one attached hydrogen (secondary N) is 1. The van der Waals surface area contributed by atoms with E-state index in [4.69, 9.17) is 5.73 Å². The molecule has 1 aromatic heterocycles. The van der Waals surface area contributed by atoms with Gasteiger partial charge in [-0.1, -0.05) is 0 Å². The predicted molar refractivity (Wildman–Crippen MR) is 83.4 cm³/mol. The van der Waals surface area contributed by atoms with Gasteiger partial charge < -0.3 is 11.1 Å². The molecule has 1 aromatic rings. The highest BCUT2D eigenvalue weighted by molar-refractivity contribution is 5.17. The normalized spacial score (nSPS) is 38.6. The predicted octanol–water partition coefficient (Wildman–Crippen LogP) is 2.75. The Morgan fingerprint density at radius 3 is 2.19 bits per heavy atom. The lowest BCUT2D eigenvalue weighted by Crippen LogP contribution is -2.54. The Kier molecular flexibility index (Phi) is 3.18. The maximum atomic E-state index is 5.54. The van der Waals surface area contributed by atoms with E-state index in [1.165, 1.54) is 38.5 Å². The van der Waals surface area contributed by atoms with Crippen LogP contribution in [0.25, 0.3) is 0 Å². The van der Waals surface area contributed by atoms with E-state index in [2.05, 4.69) is 22.2 Å². The molecular weight excluding hydrogens is 260 g/mol. The maximum absolute atomic E-state index is 5.54. The molecule has 4 aliphatic rings. The third kappa shape index (κ3) is 2.44. The van der Waals surface area contributed by atoms with Crippen molar-refractivity contribution in [1.29, 1.82) is 0 Å². The van der Waals surface area contributed by atoms with Crippen molar-refractivity contribution in [3.63, 3.8) is 0 Å². The molecule has 0 aromatic carbocycles. The minimum Gasteiger partial charge on any atom is -0.368 e. The molecular formula is C17H26N4. The Morgan fingerprint density at radius 2 is 1.67 bits per heavy atom. The van der Waals surface area contributed by atoms with Crippen LogP contribution >= 0.6 is 0 Å². The Bertz CT molecular complexity index is 475. The van der Waals surface area contributed by atoms with E-state index < -0.39 is 0 Å². The van der Waals surface area contributed by atoms with Crippen LogP contribution in [-0.2, 0) is 6.54 Å². The zero-order chi connectivity index (χ0) is 14.4. The molecule has 3 N–H and O–H groups in total. The van der Waals surface area contributed by atoms with Gasteiger partial charge in [-0.3, -0.25) is 0 Å². The van der Waals surface area contributed by atoms with E-state index in [-0.39, 0.29) is 0 Å². The molecule has 0 radical (unpaired) electrons. The lowest BCUT2D eigenvalue weighted by atomic mass is 9.48. The lowest BCUT2D eigenvalue weighted by Gasteiger charge is -2.59. The molecule has 5 rings (SSSR count). The van der Waals surface area contributed by atoms with Crippen molar-refractivity contribution in [3.8, 4) is 0 Å². The summed E-state index contributed by atoms with van der Waals surface area (Å²) in [5.41, 5.74) is 7.23. The summed E-state index contributed by atoms with van der Waals surface area (Å²) in [6, 6.07) is 0.587. The van der Waals surface area contributed by atoms with Gasteiger partial charge in [0.05, 0.1) is 0 Å². The van der Waals surface area contributed by atoms with Crippen molar-refractivity contribution < 1.29 is 0 Å². The van der Waals surface area contributed by atoms with Crippen molar-refractivity contribution in [3.05, 3.63) is 18.0 Å². The first-order valence-corrected chi connectivity index (χ1v) is 8.43. The minimum atomic E-state index is 0.355. The summed E-state index contributed by atoms with van der Waals surface area (Å²) in [5, 5.41) is 3.75. The van der Waals surface area contributed by atoms with Crippen LogP contribution in [0.2, 0.25) is 0 Å². The van der Waals surface area contributed by atoms with Crippen molar-refractivity contribution in [1.82, 2.24) is 15.3 Å². The second-order valence-electron chi connectivity index (χ2n) is 7.83. The van der Waals surface area contributed by atoms with Crippen LogP contribution in [0.15, 0.2) is 12.4 Å². The van der Waals surface area contributed by atoms with Gasteiger partial charge in [0.1, 0.15) is 0 Å². The molecule has 4 fully saturated rings. The van der Waals surface area contributed by atoms with Crippen molar-refractivity contribution >= 4 is 5.95 Å². The molecule has 4 saturated carbocycles. The summed E-state index contributed by atoms with van der Waals surface area (Å²) >= 11 is 0. The molecule has 4 bridgehead atoms. The van der Waals surface area contributed by atoms with Crippen molar-refractivity contribution in [2.24, 2.45) is 23.2 Å². The SMILES string of the molecule is C[C@H](NCc1cnc(N)nc1)C12CC3CC(CC(C3)C1)C2. The average Bonchev–Trinajstić information content (AvgIpc) is 2.45. The molecule has 1 heterocycles. The fraction of sp³-hybridized carbons (Fsp3) is 0.765. The summed E-state index contributed by atoms with van der Waals surface area (Å²) in [7, 11) is 0. The summed E-state index contributed by atoms with van der Waals surface area (Å²) in [6.07, 6.45) is 12.6. The summed E-state index contributed by atoms with van der Waals surface area (Å²) in [4.78, 5) is 8.15. The second-order valence-corrected chi connectivity index (χ2v) is 7.83. The van der Waals surface area contributed by atoms with Crippen LogP contribution < -0.4 is 11.1 Å². The van der Waals surface area contributed by atoms with Crippen LogP contribution in [0, 0.1) is 23.2 Å². The Morgan fingerprint density at radius 1 is 1.14 bits per heavy atom. The Labute approximate surface area is 126 Å². The molecule has 0 unspecified atom stereocenters. The van der Waals surface area contributed by atoms with Gasteiger partial charge in [-0.15, -0.1) is 0 Å². The smallest absolute Gasteiger partial charge is 0.219 e. The first-order valence-electron chi connectivity index (χ1n) is 8.43. The van der Waals surface area contributed by atoms with Crippen LogP contribution in [-0.4, -0.2) is 16.0 Å². The summed E-state index contributed by atoms with van der Waals surface area (Å²) in [5.74, 6) is 3.40. The molecule has 0 amide bonds. The molecule has 0 aliphatic heterocycles. The van der Waals surface area contributed by atoms with Crippen LogP contribution in [0.4, 0.5) is 5.95 Å². The summed E-state index contributed by atoms with van der Waals surface area (Å²) < 4.78 is 0. The molecule has 4 heteroatoms. The summed E-state index contributed by atoms with van der Waals surface area (Å²) in [6.45, 7) is 3.24. The number of nitrogens with zero attached hydrogens (tertiary/aromatic N) is 2. The highest BCUT2D eigenvalue weighted by Gasteiger charge is 2.52. The Balaban J connectivity index is 1.42. The van der Waals surface area contributed by atoms with Crippen molar-refractivity contribution in [2.75, 3.05) is 5.73 Å². The zero-order valence-electron chi connectivity index (χ0n) is 12.9. The number of nitrogens with two attached hydrogens (primary N) is 1. The highest BCUT2D eigenvalue weighted by Crippen LogP contribution is 2.61. The van der Waals surface area contributed by atoms with Gasteiger partial charge in [0.15, 0.2) is 0 Å². The largest absolute Gasteiger partial charge is 0.368 e. The second kappa shape index (κ2) is 4.94. The fourth-order valence-electron chi connectivity index (χ4n) is 5.65. The number of anilines is 1. The van der Waals surface area contributed by atoms with E-state index in [9.17, 15) is 0 Å². The standard InChI is InChI=1S/C17H26N4/c1-11(19-8-15-9-20-16(18)21-10-15)17-5-12-2-13(6-17)4-14(3-12)7-17/h9-14,19H,2-8H2,1H3,(H2,18,20,21)/t11-,12?,13?,14?,17?/m0/s1. The number of aromatic nitrogens is 2. The van der Waals surface area contributed by atoms with E-state index in [1.54, 1.807) is 0 Å². The van der Waals surface area contributed by atoms with E-state index >= 15 is 0 Å². The highest BCUT2D eigenvalue weighted by atomic mass is 15.0. The van der Waals surface area contributed by atoms with E-state index in [0.717, 1.165) is 29.9 Å². The van der Waals surface area contributed by atoms with Gasteiger partial charge in [-0.2, -0.15) is 0 Å². The minimum absolute atomic E-state index is 0.355. The van der Waals surface area contributed by atoms with Gasteiger partial charge in [0.25, 0.3) is 0 Å². The maximum Gasteiger partial charge on any atom is 0.219 e. The van der Waals surface area contributed by atoms with Gasteiger partial charge in [-0.25, -0.2) is 9.97 Å². The molecule has 4 aliphatic carbocycles. The number of hydrogen-bond acceptors (Lipinski definition) is 4. The third-order valence-corrected chi connectivity index (χ3v) is 6.34. The first kappa shape index (κ1) is 13.5. The number of hydrogen-bond donors (Lipinski definition) is 2.